The van der Waals surface area contributed by atoms with E-state index < -0.39 is 33.9 Å². The van der Waals surface area contributed by atoms with Gasteiger partial charge in [-0.3, -0.25) is 14.8 Å². The van der Waals surface area contributed by atoms with E-state index in [1.807, 2.05) is 6.92 Å². The van der Waals surface area contributed by atoms with Crippen molar-refractivity contribution in [2.45, 2.75) is 30.7 Å². The summed E-state index contributed by atoms with van der Waals surface area (Å²) in [6.45, 7) is 2.32. The minimum atomic E-state index is -4.73. The fourth-order valence-corrected chi connectivity index (χ4v) is 4.38. The molecule has 10 heteroatoms. The Bertz CT molecular complexity index is 963. The van der Waals surface area contributed by atoms with E-state index in [2.05, 4.69) is 15.3 Å². The predicted octanol–water partition coefficient (Wildman–Crippen LogP) is 4.55. The Labute approximate surface area is 168 Å². The number of anilines is 1. The number of halogens is 4. The van der Waals surface area contributed by atoms with Crippen molar-refractivity contribution in [1.82, 2.24) is 4.98 Å². The number of hydrogen-bond donors (Lipinski definition) is 2. The largest absolute Gasteiger partial charge is 0.418 e. The smallest absolute Gasteiger partial charge is 0.379 e. The van der Waals surface area contributed by atoms with Gasteiger partial charge in [0, 0.05) is 24.0 Å². The molecule has 1 aromatic carbocycles. The molecule has 0 saturated heterocycles. The Balaban J connectivity index is 1.94. The van der Waals surface area contributed by atoms with E-state index in [1.54, 1.807) is 0 Å². The number of pyridine rings is 1. The highest BCUT2D eigenvalue weighted by Crippen LogP contribution is 2.46. The van der Waals surface area contributed by atoms with Gasteiger partial charge in [-0.2, -0.15) is 13.2 Å². The Morgan fingerprint density at radius 2 is 2.10 bits per heavy atom. The molecule has 2 aromatic rings. The average Bonchev–Trinajstić information content (AvgIpc) is 2.68. The Morgan fingerprint density at radius 1 is 1.34 bits per heavy atom. The van der Waals surface area contributed by atoms with Crippen LogP contribution >= 0.6 is 11.8 Å². The number of rotatable bonds is 4. The number of amides is 1. The number of alkyl halides is 3. The molecule has 0 aliphatic carbocycles. The molecule has 1 amide bonds. The normalized spacial score (nSPS) is 19.6. The van der Waals surface area contributed by atoms with Crippen LogP contribution in [0.15, 0.2) is 41.5 Å². The molecule has 3 rings (SSSR count). The van der Waals surface area contributed by atoms with Gasteiger partial charge in [0.2, 0.25) is 0 Å². The van der Waals surface area contributed by atoms with Crippen LogP contribution in [0.3, 0.4) is 0 Å². The molecule has 3 N–H and O–H groups in total. The van der Waals surface area contributed by atoms with Crippen molar-refractivity contribution in [3.05, 3.63) is 59.2 Å². The number of nitrogens with zero attached hydrogens (tertiary/aromatic N) is 2. The average molecular weight is 426 g/mol. The lowest BCUT2D eigenvalue weighted by Crippen LogP contribution is -2.31. The molecular formula is C19H18F4N4OS. The minimum Gasteiger partial charge on any atom is -0.379 e. The maximum absolute atomic E-state index is 14.6. The van der Waals surface area contributed by atoms with Gasteiger partial charge < -0.3 is 11.1 Å². The van der Waals surface area contributed by atoms with Crippen LogP contribution in [-0.2, 0) is 10.9 Å². The number of benzene rings is 1. The first-order valence-corrected chi connectivity index (χ1v) is 9.60. The van der Waals surface area contributed by atoms with Crippen molar-refractivity contribution < 1.29 is 22.4 Å². The quantitative estimate of drug-likeness (QED) is 0.703. The first kappa shape index (κ1) is 21.1. The van der Waals surface area contributed by atoms with Gasteiger partial charge in [0.25, 0.3) is 5.91 Å². The first-order valence-electron chi connectivity index (χ1n) is 8.79. The fourth-order valence-electron chi connectivity index (χ4n) is 3.22. The summed E-state index contributed by atoms with van der Waals surface area (Å²) >= 11 is 1.24. The SMILES string of the molecule is CC[C@@]1(c2cc(NC(=O)c3ncccc3C(F)(F)F)ccc2F)CCN=C(N)S1. The summed E-state index contributed by atoms with van der Waals surface area (Å²) in [5.41, 5.74) is 4.42. The van der Waals surface area contributed by atoms with Crippen LogP contribution in [0.5, 0.6) is 0 Å². The molecule has 29 heavy (non-hydrogen) atoms. The zero-order chi connectivity index (χ0) is 21.2. The van der Waals surface area contributed by atoms with E-state index in [1.165, 1.54) is 30.0 Å². The highest BCUT2D eigenvalue weighted by molar-refractivity contribution is 8.14. The molecule has 1 atom stereocenters. The standard InChI is InChI=1S/C19H18F4N4OS/c1-2-18(7-9-26-17(24)29-18)13-10-11(5-6-14(13)20)27-16(28)15-12(19(21,22)23)4-3-8-25-15/h3-6,8,10H,2,7,9H2,1H3,(H2,24,26)(H,27,28)/t18-/m0/s1. The molecule has 1 aromatic heterocycles. The Morgan fingerprint density at radius 3 is 2.76 bits per heavy atom. The second-order valence-corrected chi connectivity index (χ2v) is 7.87. The molecule has 0 radical (unpaired) electrons. The Hall–Kier alpha value is -2.62. The van der Waals surface area contributed by atoms with E-state index in [4.69, 9.17) is 5.73 Å². The van der Waals surface area contributed by atoms with Crippen LogP contribution in [0.1, 0.15) is 41.4 Å². The number of aliphatic imine (C=N–C) groups is 1. The van der Waals surface area contributed by atoms with Crippen molar-refractivity contribution >= 4 is 28.5 Å². The van der Waals surface area contributed by atoms with Crippen LogP contribution in [-0.4, -0.2) is 22.6 Å². The lowest BCUT2D eigenvalue weighted by molar-refractivity contribution is -0.138. The molecule has 1 aliphatic heterocycles. The molecule has 154 valence electrons. The number of aromatic nitrogens is 1. The van der Waals surface area contributed by atoms with E-state index in [0.717, 1.165) is 18.3 Å². The maximum Gasteiger partial charge on any atom is 0.418 e. The molecule has 2 heterocycles. The zero-order valence-electron chi connectivity index (χ0n) is 15.4. The summed E-state index contributed by atoms with van der Waals surface area (Å²) in [7, 11) is 0. The number of hydrogen-bond acceptors (Lipinski definition) is 5. The van der Waals surface area contributed by atoms with E-state index in [9.17, 15) is 22.4 Å². The van der Waals surface area contributed by atoms with Gasteiger partial charge in [-0.1, -0.05) is 18.7 Å². The van der Waals surface area contributed by atoms with Crippen molar-refractivity contribution in [3.63, 3.8) is 0 Å². The summed E-state index contributed by atoms with van der Waals surface area (Å²) < 4.78 is 53.4. The van der Waals surface area contributed by atoms with Crippen molar-refractivity contribution in [2.75, 3.05) is 11.9 Å². The van der Waals surface area contributed by atoms with Gasteiger partial charge in [-0.05, 0) is 43.2 Å². The van der Waals surface area contributed by atoms with Gasteiger partial charge in [-0.15, -0.1) is 0 Å². The van der Waals surface area contributed by atoms with E-state index in [0.29, 0.717) is 30.1 Å². The molecule has 0 spiro atoms. The van der Waals surface area contributed by atoms with Crippen LogP contribution in [0.25, 0.3) is 0 Å². The molecule has 1 aliphatic rings. The number of nitrogens with one attached hydrogen (secondary N) is 1. The third-order valence-corrected chi connectivity index (χ3v) is 6.14. The van der Waals surface area contributed by atoms with Crippen molar-refractivity contribution in [2.24, 2.45) is 10.7 Å². The van der Waals surface area contributed by atoms with E-state index in [-0.39, 0.29) is 5.69 Å². The summed E-state index contributed by atoms with van der Waals surface area (Å²) in [6.07, 6.45) is -2.52. The third-order valence-electron chi connectivity index (χ3n) is 4.70. The summed E-state index contributed by atoms with van der Waals surface area (Å²) in [4.78, 5) is 20.1. The van der Waals surface area contributed by atoms with Gasteiger partial charge in [0.15, 0.2) is 5.17 Å². The second-order valence-electron chi connectivity index (χ2n) is 6.47. The second kappa shape index (κ2) is 8.02. The minimum absolute atomic E-state index is 0.166. The summed E-state index contributed by atoms with van der Waals surface area (Å²) in [6, 6.07) is 5.78. The van der Waals surface area contributed by atoms with Gasteiger partial charge >= 0.3 is 6.18 Å². The number of carbonyl (C=O) groups excluding carboxylic acids is 1. The number of nitrogens with two attached hydrogens (primary N) is 1. The maximum atomic E-state index is 14.6. The Kier molecular flexibility index (Phi) is 5.83. The summed E-state index contributed by atoms with van der Waals surface area (Å²) in [5.74, 6) is -1.51. The fraction of sp³-hybridized carbons (Fsp3) is 0.316. The van der Waals surface area contributed by atoms with Gasteiger partial charge in [0.1, 0.15) is 11.5 Å². The van der Waals surface area contributed by atoms with E-state index >= 15 is 0 Å². The monoisotopic (exact) mass is 426 g/mol. The first-order chi connectivity index (χ1) is 13.7. The lowest BCUT2D eigenvalue weighted by atomic mass is 9.91. The third kappa shape index (κ3) is 4.36. The van der Waals surface area contributed by atoms with Crippen molar-refractivity contribution in [3.8, 4) is 0 Å². The molecule has 5 nitrogen and oxygen atoms in total. The van der Waals surface area contributed by atoms with Crippen LogP contribution in [0, 0.1) is 5.82 Å². The lowest BCUT2D eigenvalue weighted by Gasteiger charge is -2.35. The van der Waals surface area contributed by atoms with Gasteiger partial charge in [0.05, 0.1) is 10.3 Å². The molecule has 0 fully saturated rings. The van der Waals surface area contributed by atoms with Crippen LogP contribution < -0.4 is 11.1 Å². The zero-order valence-corrected chi connectivity index (χ0v) is 16.2. The van der Waals surface area contributed by atoms with Crippen molar-refractivity contribution in [1.29, 1.82) is 0 Å². The van der Waals surface area contributed by atoms with Crippen LogP contribution in [0.2, 0.25) is 0 Å². The predicted molar refractivity (Wildman–Crippen MR) is 104 cm³/mol. The highest BCUT2D eigenvalue weighted by Gasteiger charge is 2.38. The molecule has 0 unspecified atom stereocenters. The molecule has 0 saturated carbocycles. The molecular weight excluding hydrogens is 408 g/mol. The number of amidine groups is 1. The number of carbonyl (C=O) groups is 1. The van der Waals surface area contributed by atoms with Gasteiger partial charge in [-0.25, -0.2) is 4.39 Å². The topological polar surface area (TPSA) is 80.4 Å². The summed E-state index contributed by atoms with van der Waals surface area (Å²) in [5, 5.41) is 2.73. The number of thioether (sulfide) groups is 1. The molecule has 0 bridgehead atoms. The highest BCUT2D eigenvalue weighted by atomic mass is 32.2. The van der Waals surface area contributed by atoms with Crippen LogP contribution in [0.4, 0.5) is 23.2 Å².